The van der Waals surface area contributed by atoms with Crippen LogP contribution in [0.4, 0.5) is 5.69 Å². The number of carbonyl (C=O) groups is 2. The SMILES string of the molecule is CCc1ccccc1N(CC(=O)N(Cc1cccc(OC)c1)[C@@H](Cc1ccccc1)C(=O)N[C@H](C)CC)S(C)(=O)=O. The van der Waals surface area contributed by atoms with E-state index in [4.69, 9.17) is 4.74 Å². The largest absolute Gasteiger partial charge is 0.497 e. The molecule has 0 spiro atoms. The fourth-order valence-corrected chi connectivity index (χ4v) is 5.49. The van der Waals surface area contributed by atoms with Crippen molar-refractivity contribution in [2.45, 2.75) is 58.7 Å². The van der Waals surface area contributed by atoms with Crippen molar-refractivity contribution in [1.29, 1.82) is 0 Å². The average Bonchev–Trinajstić information content (AvgIpc) is 2.97. The molecule has 0 unspecified atom stereocenters. The van der Waals surface area contributed by atoms with E-state index in [1.165, 1.54) is 4.90 Å². The van der Waals surface area contributed by atoms with Gasteiger partial charge in [-0.05, 0) is 54.7 Å². The third kappa shape index (κ3) is 8.82. The van der Waals surface area contributed by atoms with Crippen LogP contribution in [0.3, 0.4) is 0 Å². The van der Waals surface area contributed by atoms with Crippen LogP contribution < -0.4 is 14.4 Å². The highest BCUT2D eigenvalue weighted by Gasteiger charge is 2.33. The van der Waals surface area contributed by atoms with Gasteiger partial charge in [0, 0.05) is 19.0 Å². The Kier molecular flexibility index (Phi) is 11.3. The first-order valence-corrected chi connectivity index (χ1v) is 15.7. The Morgan fingerprint density at radius 2 is 1.59 bits per heavy atom. The molecule has 41 heavy (non-hydrogen) atoms. The molecule has 2 amide bonds. The molecule has 0 saturated carbocycles. The maximum Gasteiger partial charge on any atom is 0.244 e. The maximum atomic E-state index is 14.2. The van der Waals surface area contributed by atoms with E-state index in [0.717, 1.165) is 33.7 Å². The van der Waals surface area contributed by atoms with Crippen molar-refractivity contribution < 1.29 is 22.7 Å². The van der Waals surface area contributed by atoms with Crippen molar-refractivity contribution in [2.75, 3.05) is 24.2 Å². The molecule has 0 aliphatic rings. The molecular formula is C32H41N3O5S. The van der Waals surface area contributed by atoms with Crippen LogP contribution in [-0.2, 0) is 39.0 Å². The van der Waals surface area contributed by atoms with Crippen LogP contribution in [-0.4, -0.2) is 57.1 Å². The van der Waals surface area contributed by atoms with Crippen molar-refractivity contribution in [3.63, 3.8) is 0 Å². The number of nitrogens with one attached hydrogen (secondary N) is 1. The molecule has 0 aliphatic heterocycles. The summed E-state index contributed by atoms with van der Waals surface area (Å²) in [4.78, 5) is 29.5. The molecule has 3 aromatic carbocycles. The van der Waals surface area contributed by atoms with Crippen molar-refractivity contribution in [3.05, 3.63) is 95.6 Å². The topological polar surface area (TPSA) is 96.0 Å². The maximum absolute atomic E-state index is 14.2. The summed E-state index contributed by atoms with van der Waals surface area (Å²) in [6.07, 6.45) is 2.68. The summed E-state index contributed by atoms with van der Waals surface area (Å²) in [5.74, 6) is -0.156. The first-order valence-electron chi connectivity index (χ1n) is 13.9. The van der Waals surface area contributed by atoms with Gasteiger partial charge in [0.05, 0.1) is 19.1 Å². The van der Waals surface area contributed by atoms with Crippen LogP contribution in [0, 0.1) is 0 Å². The Bertz CT molecular complexity index is 1410. The van der Waals surface area contributed by atoms with Crippen molar-refractivity contribution >= 4 is 27.5 Å². The smallest absolute Gasteiger partial charge is 0.244 e. The molecule has 2 atom stereocenters. The number of hydrogen-bond acceptors (Lipinski definition) is 5. The minimum atomic E-state index is -3.83. The third-order valence-corrected chi connectivity index (χ3v) is 8.21. The van der Waals surface area contributed by atoms with Gasteiger partial charge in [-0.1, -0.05) is 74.5 Å². The minimum Gasteiger partial charge on any atom is -0.497 e. The minimum absolute atomic E-state index is 0.0918. The molecule has 9 heteroatoms. The Hall–Kier alpha value is -3.85. The second-order valence-electron chi connectivity index (χ2n) is 10.1. The van der Waals surface area contributed by atoms with Gasteiger partial charge in [-0.2, -0.15) is 0 Å². The number of rotatable bonds is 14. The van der Waals surface area contributed by atoms with Gasteiger partial charge >= 0.3 is 0 Å². The fourth-order valence-electron chi connectivity index (χ4n) is 4.61. The van der Waals surface area contributed by atoms with Gasteiger partial charge < -0.3 is 15.0 Å². The predicted octanol–water partition coefficient (Wildman–Crippen LogP) is 4.58. The second kappa shape index (κ2) is 14.7. The summed E-state index contributed by atoms with van der Waals surface area (Å²) < 4.78 is 32.6. The standard InChI is InChI=1S/C32H41N3O5S/c1-6-24(3)33-32(37)30(21-25-14-9-8-10-15-25)34(22-26-16-13-18-28(20-26)40-4)31(36)23-35(41(5,38)39)29-19-12-11-17-27(29)7-2/h8-20,24,30H,6-7,21-23H2,1-5H3,(H,33,37)/t24-,30+/m1/s1. The van der Waals surface area contributed by atoms with Crippen LogP contribution in [0.25, 0.3) is 0 Å². The van der Waals surface area contributed by atoms with E-state index in [0.29, 0.717) is 17.9 Å². The lowest BCUT2D eigenvalue weighted by Gasteiger charge is -2.34. The monoisotopic (exact) mass is 579 g/mol. The molecule has 1 N–H and O–H groups in total. The molecule has 0 bridgehead atoms. The lowest BCUT2D eigenvalue weighted by Crippen LogP contribution is -2.54. The zero-order valence-corrected chi connectivity index (χ0v) is 25.4. The summed E-state index contributed by atoms with van der Waals surface area (Å²) in [5.41, 5.74) is 2.90. The van der Waals surface area contributed by atoms with E-state index < -0.39 is 28.5 Å². The van der Waals surface area contributed by atoms with Gasteiger partial charge in [-0.3, -0.25) is 13.9 Å². The summed E-state index contributed by atoms with van der Waals surface area (Å²) >= 11 is 0. The molecule has 3 rings (SSSR count). The number of para-hydroxylation sites is 1. The van der Waals surface area contributed by atoms with E-state index >= 15 is 0 Å². The van der Waals surface area contributed by atoms with Crippen molar-refractivity contribution in [3.8, 4) is 5.75 Å². The summed E-state index contributed by atoms with van der Waals surface area (Å²) in [6, 6.07) is 23.0. The number of amides is 2. The molecule has 0 fully saturated rings. The lowest BCUT2D eigenvalue weighted by atomic mass is 10.0. The van der Waals surface area contributed by atoms with Crippen molar-refractivity contribution in [1.82, 2.24) is 10.2 Å². The number of nitrogens with zero attached hydrogens (tertiary/aromatic N) is 2. The lowest BCUT2D eigenvalue weighted by molar-refractivity contribution is -0.140. The van der Waals surface area contributed by atoms with Gasteiger partial charge in [-0.15, -0.1) is 0 Å². The molecule has 0 heterocycles. The van der Waals surface area contributed by atoms with Gasteiger partial charge in [0.1, 0.15) is 18.3 Å². The molecule has 3 aromatic rings. The Labute approximate surface area is 244 Å². The fraction of sp³-hybridized carbons (Fsp3) is 0.375. The quantitative estimate of drug-likeness (QED) is 0.302. The summed E-state index contributed by atoms with van der Waals surface area (Å²) in [5, 5.41) is 3.04. The molecule has 0 aliphatic carbocycles. The highest BCUT2D eigenvalue weighted by atomic mass is 32.2. The van der Waals surface area contributed by atoms with E-state index in [-0.39, 0.29) is 24.9 Å². The Morgan fingerprint density at radius 1 is 0.927 bits per heavy atom. The molecule has 0 saturated heterocycles. The van der Waals surface area contributed by atoms with Gasteiger partial charge in [-0.25, -0.2) is 8.42 Å². The van der Waals surface area contributed by atoms with Crippen LogP contribution >= 0.6 is 0 Å². The third-order valence-electron chi connectivity index (χ3n) is 7.08. The summed E-state index contributed by atoms with van der Waals surface area (Å²) in [7, 11) is -2.26. The number of anilines is 1. The molecule has 220 valence electrons. The number of sulfonamides is 1. The average molecular weight is 580 g/mol. The molecule has 8 nitrogen and oxygen atoms in total. The van der Waals surface area contributed by atoms with Gasteiger partial charge in [0.15, 0.2) is 0 Å². The highest BCUT2D eigenvalue weighted by Crippen LogP contribution is 2.25. The van der Waals surface area contributed by atoms with Crippen LogP contribution in [0.5, 0.6) is 5.75 Å². The first-order chi connectivity index (χ1) is 19.6. The number of methoxy groups -OCH3 is 1. The van der Waals surface area contributed by atoms with Gasteiger partial charge in [0.2, 0.25) is 21.8 Å². The van der Waals surface area contributed by atoms with Crippen LogP contribution in [0.2, 0.25) is 0 Å². The Balaban J connectivity index is 2.09. The second-order valence-corrected chi connectivity index (χ2v) is 12.1. The van der Waals surface area contributed by atoms with Crippen molar-refractivity contribution in [2.24, 2.45) is 0 Å². The Morgan fingerprint density at radius 3 is 2.22 bits per heavy atom. The molecule has 0 aromatic heterocycles. The molecular weight excluding hydrogens is 538 g/mol. The highest BCUT2D eigenvalue weighted by molar-refractivity contribution is 7.92. The number of carbonyl (C=O) groups excluding carboxylic acids is 2. The predicted molar refractivity (Wildman–Crippen MR) is 163 cm³/mol. The normalized spacial score (nSPS) is 12.7. The number of ether oxygens (including phenoxy) is 1. The molecule has 0 radical (unpaired) electrons. The van der Waals surface area contributed by atoms with E-state index in [2.05, 4.69) is 5.32 Å². The number of benzene rings is 3. The van der Waals surface area contributed by atoms with Crippen LogP contribution in [0.15, 0.2) is 78.9 Å². The van der Waals surface area contributed by atoms with E-state index in [1.54, 1.807) is 25.3 Å². The number of aryl methyl sites for hydroxylation is 1. The zero-order chi connectivity index (χ0) is 30.0. The van der Waals surface area contributed by atoms with E-state index in [9.17, 15) is 18.0 Å². The number of hydrogen-bond donors (Lipinski definition) is 1. The summed E-state index contributed by atoms with van der Waals surface area (Å²) in [6.45, 7) is 5.48. The van der Waals surface area contributed by atoms with E-state index in [1.807, 2.05) is 81.4 Å². The zero-order valence-electron chi connectivity index (χ0n) is 24.5. The first kappa shape index (κ1) is 31.7. The van der Waals surface area contributed by atoms with Gasteiger partial charge in [0.25, 0.3) is 0 Å². The van der Waals surface area contributed by atoms with Crippen LogP contribution in [0.1, 0.15) is 43.9 Å².